The number of hydrogen-bond donors (Lipinski definition) is 0. The highest BCUT2D eigenvalue weighted by atomic mass is 19.4. The number of hydrogen-bond acceptors (Lipinski definition) is 4. The van der Waals surface area contributed by atoms with Crippen molar-refractivity contribution in [3.05, 3.63) is 29.8 Å². The normalized spacial score (nSPS) is 18.6. The average Bonchev–Trinajstić information content (AvgIpc) is 2.79. The molecule has 1 aliphatic rings. The van der Waals surface area contributed by atoms with Gasteiger partial charge in [-0.2, -0.15) is 13.2 Å². The average molecular weight is 314 g/mol. The summed E-state index contributed by atoms with van der Waals surface area (Å²) < 4.78 is 42.9. The maximum Gasteiger partial charge on any atom is 0.416 e. The summed E-state index contributed by atoms with van der Waals surface area (Å²) in [6.45, 7) is 5.69. The van der Waals surface area contributed by atoms with Gasteiger partial charge in [-0.1, -0.05) is 0 Å². The molecule has 0 saturated carbocycles. The van der Waals surface area contributed by atoms with Gasteiger partial charge in [-0.05, 0) is 45.0 Å². The number of aliphatic imine (C=N–C) groups is 1. The van der Waals surface area contributed by atoms with E-state index in [1.165, 1.54) is 12.1 Å². The minimum absolute atomic E-state index is 0.126. The van der Waals surface area contributed by atoms with E-state index in [4.69, 9.17) is 4.74 Å². The second kappa shape index (κ2) is 5.98. The molecule has 0 amide bonds. The van der Waals surface area contributed by atoms with E-state index in [1.807, 2.05) is 6.92 Å². The van der Waals surface area contributed by atoms with E-state index in [0.29, 0.717) is 12.2 Å². The van der Waals surface area contributed by atoms with Crippen LogP contribution in [0, 0.1) is 0 Å². The summed E-state index contributed by atoms with van der Waals surface area (Å²) in [4.78, 5) is 17.8. The van der Waals surface area contributed by atoms with E-state index >= 15 is 0 Å². The lowest BCUT2D eigenvalue weighted by molar-refractivity contribution is -0.139. The van der Waals surface area contributed by atoms with Gasteiger partial charge in [0.15, 0.2) is 0 Å². The van der Waals surface area contributed by atoms with Crippen LogP contribution in [0.2, 0.25) is 0 Å². The van der Waals surface area contributed by atoms with E-state index in [1.54, 1.807) is 18.7 Å². The number of ether oxygens (including phenoxy) is 1. The number of rotatable bonds is 3. The Morgan fingerprint density at radius 3 is 2.41 bits per heavy atom. The summed E-state index contributed by atoms with van der Waals surface area (Å²) >= 11 is 0. The molecule has 0 saturated heterocycles. The van der Waals surface area contributed by atoms with Crippen LogP contribution in [0.25, 0.3) is 0 Å². The molecule has 0 N–H and O–H groups in total. The summed E-state index contributed by atoms with van der Waals surface area (Å²) in [5.74, 6) is -0.444. The predicted octanol–water partition coefficient (Wildman–Crippen LogP) is 3.26. The van der Waals surface area contributed by atoms with Gasteiger partial charge >= 0.3 is 12.1 Å². The first-order valence-electron chi connectivity index (χ1n) is 6.92. The molecule has 0 bridgehead atoms. The summed E-state index contributed by atoms with van der Waals surface area (Å²) in [6, 6.07) is 4.52. The van der Waals surface area contributed by atoms with Gasteiger partial charge < -0.3 is 9.64 Å². The number of alkyl halides is 3. The lowest BCUT2D eigenvalue weighted by Crippen LogP contribution is -2.36. The third-order valence-electron chi connectivity index (χ3n) is 3.08. The number of anilines is 1. The first kappa shape index (κ1) is 16.3. The van der Waals surface area contributed by atoms with Crippen LogP contribution in [0.3, 0.4) is 0 Å². The van der Waals surface area contributed by atoms with E-state index in [0.717, 1.165) is 12.1 Å². The molecule has 1 atom stereocenters. The topological polar surface area (TPSA) is 41.9 Å². The van der Waals surface area contributed by atoms with Crippen molar-refractivity contribution in [2.24, 2.45) is 4.99 Å². The quantitative estimate of drug-likeness (QED) is 0.804. The molecule has 0 aromatic heterocycles. The maximum absolute atomic E-state index is 12.6. The zero-order valence-electron chi connectivity index (χ0n) is 12.5. The first-order chi connectivity index (χ1) is 10.2. The molecule has 1 aromatic carbocycles. The fraction of sp³-hybridized carbons (Fsp3) is 0.467. The summed E-state index contributed by atoms with van der Waals surface area (Å²) in [5.41, 5.74) is -0.247. The van der Waals surface area contributed by atoms with Gasteiger partial charge in [0.2, 0.25) is 5.84 Å². The van der Waals surface area contributed by atoms with Crippen molar-refractivity contribution in [2.75, 3.05) is 11.4 Å². The lowest BCUT2D eigenvalue weighted by atomic mass is 10.2. The Bertz CT molecular complexity index is 579. The molecule has 22 heavy (non-hydrogen) atoms. The highest BCUT2D eigenvalue weighted by Gasteiger charge is 2.33. The molecule has 1 aromatic rings. The molecular weight excluding hydrogens is 297 g/mol. The smallest absolute Gasteiger partial charge is 0.416 e. The zero-order chi connectivity index (χ0) is 16.5. The molecule has 4 nitrogen and oxygen atoms in total. The summed E-state index contributed by atoms with van der Waals surface area (Å²) in [5, 5.41) is 0. The van der Waals surface area contributed by atoms with Gasteiger partial charge in [0.1, 0.15) is 0 Å². The van der Waals surface area contributed by atoms with Gasteiger partial charge in [0.25, 0.3) is 0 Å². The van der Waals surface area contributed by atoms with E-state index in [9.17, 15) is 18.0 Å². The highest BCUT2D eigenvalue weighted by Crippen LogP contribution is 2.31. The molecular formula is C15H17F3N2O2. The maximum atomic E-state index is 12.6. The molecule has 120 valence electrons. The van der Waals surface area contributed by atoms with Gasteiger partial charge in [0.05, 0.1) is 17.7 Å². The Kier molecular flexibility index (Phi) is 4.44. The first-order valence-corrected chi connectivity index (χ1v) is 6.92. The Morgan fingerprint density at radius 2 is 1.91 bits per heavy atom. The second-order valence-electron chi connectivity index (χ2n) is 5.41. The SMILES string of the molecule is CC(C)OC(=O)C1=N[C@@H](C)CN1c1ccc(C(F)(F)F)cc1. The number of halogens is 3. The van der Waals surface area contributed by atoms with Gasteiger partial charge in [-0.3, -0.25) is 4.99 Å². The van der Waals surface area contributed by atoms with Crippen LogP contribution in [-0.4, -0.2) is 30.5 Å². The van der Waals surface area contributed by atoms with Crippen LogP contribution in [-0.2, 0) is 15.7 Å². The Labute approximate surface area is 126 Å². The van der Waals surface area contributed by atoms with Crippen molar-refractivity contribution < 1.29 is 22.7 Å². The summed E-state index contributed by atoms with van der Waals surface area (Å²) in [7, 11) is 0. The number of benzene rings is 1. The standard InChI is InChI=1S/C15H17F3N2O2/c1-9(2)22-14(21)13-19-10(3)8-20(13)12-6-4-11(5-7-12)15(16,17)18/h4-7,9-10H,8H2,1-3H3/t10-/m0/s1. The molecule has 0 radical (unpaired) electrons. The number of amidine groups is 1. The molecule has 0 unspecified atom stereocenters. The van der Waals surface area contributed by atoms with E-state index in [-0.39, 0.29) is 18.0 Å². The molecule has 0 fully saturated rings. The molecule has 0 spiro atoms. The summed E-state index contributed by atoms with van der Waals surface area (Å²) in [6.07, 6.45) is -4.68. The number of nitrogens with zero attached hydrogens (tertiary/aromatic N) is 2. The van der Waals surface area contributed by atoms with E-state index in [2.05, 4.69) is 4.99 Å². The zero-order valence-corrected chi connectivity index (χ0v) is 12.5. The van der Waals surface area contributed by atoms with Crippen molar-refractivity contribution in [2.45, 2.75) is 39.1 Å². The Balaban J connectivity index is 2.24. The monoisotopic (exact) mass is 314 g/mol. The fourth-order valence-electron chi connectivity index (χ4n) is 2.16. The minimum atomic E-state index is -4.38. The molecule has 1 heterocycles. The van der Waals surface area contributed by atoms with E-state index < -0.39 is 17.7 Å². The van der Waals surface area contributed by atoms with Crippen LogP contribution in [0.4, 0.5) is 18.9 Å². The van der Waals surface area contributed by atoms with Crippen molar-refractivity contribution in [1.82, 2.24) is 0 Å². The second-order valence-corrected chi connectivity index (χ2v) is 5.41. The van der Waals surface area contributed by atoms with Gasteiger partial charge in [0, 0.05) is 12.2 Å². The van der Waals surface area contributed by atoms with Crippen molar-refractivity contribution in [3.8, 4) is 0 Å². The highest BCUT2D eigenvalue weighted by molar-refractivity contribution is 6.41. The third kappa shape index (κ3) is 3.58. The van der Waals surface area contributed by atoms with Crippen molar-refractivity contribution >= 4 is 17.5 Å². The van der Waals surface area contributed by atoms with Crippen molar-refractivity contribution in [3.63, 3.8) is 0 Å². The molecule has 2 rings (SSSR count). The third-order valence-corrected chi connectivity index (χ3v) is 3.08. The molecule has 7 heteroatoms. The largest absolute Gasteiger partial charge is 0.457 e. The van der Waals surface area contributed by atoms with Gasteiger partial charge in [-0.15, -0.1) is 0 Å². The van der Waals surface area contributed by atoms with Crippen LogP contribution >= 0.6 is 0 Å². The van der Waals surface area contributed by atoms with Gasteiger partial charge in [-0.25, -0.2) is 4.79 Å². The van der Waals surface area contributed by atoms with Crippen LogP contribution in [0.5, 0.6) is 0 Å². The lowest BCUT2D eigenvalue weighted by Gasteiger charge is -2.21. The fourth-order valence-corrected chi connectivity index (χ4v) is 2.16. The van der Waals surface area contributed by atoms with Crippen LogP contribution in [0.15, 0.2) is 29.3 Å². The Morgan fingerprint density at radius 1 is 1.32 bits per heavy atom. The minimum Gasteiger partial charge on any atom is -0.457 e. The molecule has 1 aliphatic heterocycles. The van der Waals surface area contributed by atoms with Crippen LogP contribution < -0.4 is 4.90 Å². The Hall–Kier alpha value is -2.05. The number of carbonyl (C=O) groups excluding carboxylic acids is 1. The number of esters is 1. The number of carbonyl (C=O) groups is 1. The predicted molar refractivity (Wildman–Crippen MR) is 76.9 cm³/mol. The molecule has 0 aliphatic carbocycles. The van der Waals surface area contributed by atoms with Crippen molar-refractivity contribution in [1.29, 1.82) is 0 Å². The van der Waals surface area contributed by atoms with Crippen LogP contribution in [0.1, 0.15) is 26.3 Å².